The second kappa shape index (κ2) is 8.93. The first kappa shape index (κ1) is 21.6. The van der Waals surface area contributed by atoms with Crippen molar-refractivity contribution in [2.24, 2.45) is 0 Å². The number of methoxy groups -OCH3 is 2. The van der Waals surface area contributed by atoms with Crippen LogP contribution in [0.3, 0.4) is 0 Å². The average Bonchev–Trinajstić information content (AvgIpc) is 3.23. The minimum Gasteiger partial charge on any atom is -0.497 e. The summed E-state index contributed by atoms with van der Waals surface area (Å²) < 4.78 is 10.8. The van der Waals surface area contributed by atoms with Gasteiger partial charge in [-0.15, -0.1) is 0 Å². The molecule has 0 saturated carbocycles. The Kier molecular flexibility index (Phi) is 5.83. The van der Waals surface area contributed by atoms with E-state index < -0.39 is 5.60 Å². The van der Waals surface area contributed by atoms with Crippen LogP contribution in [-0.4, -0.2) is 42.3 Å². The maximum Gasteiger partial charge on any atom is 0.120 e. The summed E-state index contributed by atoms with van der Waals surface area (Å²) in [5.74, 6) is 1.68. The second-order valence-electron chi connectivity index (χ2n) is 8.79. The highest BCUT2D eigenvalue weighted by atomic mass is 16.5. The van der Waals surface area contributed by atoms with E-state index in [2.05, 4.69) is 34.1 Å². The summed E-state index contributed by atoms with van der Waals surface area (Å²) in [5.41, 5.74) is 4.87. The Morgan fingerprint density at radius 3 is 2.21 bits per heavy atom. The molecule has 1 aliphatic heterocycles. The number of aromatic amines is 1. The number of aromatic nitrogens is 1. The number of likely N-dealkylation sites (tertiary alicyclic amines) is 1. The molecule has 1 fully saturated rings. The van der Waals surface area contributed by atoms with Crippen molar-refractivity contribution in [3.63, 3.8) is 0 Å². The Morgan fingerprint density at radius 2 is 1.55 bits per heavy atom. The molecular weight excluding hydrogens is 412 g/mol. The zero-order valence-corrected chi connectivity index (χ0v) is 19.2. The Bertz CT molecular complexity index is 1220. The summed E-state index contributed by atoms with van der Waals surface area (Å²) in [7, 11) is 3.38. The lowest BCUT2D eigenvalue weighted by molar-refractivity contribution is -0.0279. The van der Waals surface area contributed by atoms with Gasteiger partial charge in [-0.2, -0.15) is 0 Å². The van der Waals surface area contributed by atoms with Gasteiger partial charge in [0, 0.05) is 47.9 Å². The van der Waals surface area contributed by atoms with E-state index in [0.717, 1.165) is 60.6 Å². The first-order valence-electron chi connectivity index (χ1n) is 11.4. The molecule has 0 aliphatic carbocycles. The second-order valence-corrected chi connectivity index (χ2v) is 8.79. The molecule has 1 saturated heterocycles. The minimum absolute atomic E-state index is 0.725. The van der Waals surface area contributed by atoms with E-state index in [9.17, 15) is 5.11 Å². The van der Waals surface area contributed by atoms with Crippen LogP contribution in [0.2, 0.25) is 0 Å². The minimum atomic E-state index is -0.746. The fourth-order valence-corrected chi connectivity index (χ4v) is 4.91. The number of nitrogens with one attached hydrogen (secondary N) is 1. The van der Waals surface area contributed by atoms with Crippen molar-refractivity contribution in [1.82, 2.24) is 9.88 Å². The van der Waals surface area contributed by atoms with Gasteiger partial charge in [0.25, 0.3) is 0 Å². The molecule has 0 spiro atoms. The van der Waals surface area contributed by atoms with Crippen LogP contribution in [0.1, 0.15) is 24.1 Å². The van der Waals surface area contributed by atoms with Crippen LogP contribution in [0, 0.1) is 0 Å². The predicted molar refractivity (Wildman–Crippen MR) is 132 cm³/mol. The molecule has 0 unspecified atom stereocenters. The van der Waals surface area contributed by atoms with Gasteiger partial charge in [-0.1, -0.05) is 42.5 Å². The number of benzene rings is 3. The highest BCUT2D eigenvalue weighted by molar-refractivity contribution is 5.98. The van der Waals surface area contributed by atoms with Crippen LogP contribution in [0.4, 0.5) is 0 Å². The molecule has 0 radical (unpaired) electrons. The maximum atomic E-state index is 11.2. The number of ether oxygens (including phenoxy) is 2. The summed E-state index contributed by atoms with van der Waals surface area (Å²) in [5, 5.41) is 12.4. The Morgan fingerprint density at radius 1 is 0.879 bits per heavy atom. The summed E-state index contributed by atoms with van der Waals surface area (Å²) >= 11 is 0. The number of hydrogen-bond donors (Lipinski definition) is 2. The zero-order chi connectivity index (χ0) is 22.8. The fraction of sp³-hybridized carbons (Fsp3) is 0.286. The van der Waals surface area contributed by atoms with Gasteiger partial charge in [0.2, 0.25) is 0 Å². The summed E-state index contributed by atoms with van der Waals surface area (Å²) in [6.07, 6.45) is 1.45. The van der Waals surface area contributed by atoms with E-state index in [1.165, 1.54) is 16.6 Å². The third-order valence-corrected chi connectivity index (χ3v) is 6.84. The van der Waals surface area contributed by atoms with Gasteiger partial charge < -0.3 is 19.6 Å². The van der Waals surface area contributed by atoms with E-state index in [1.807, 2.05) is 48.5 Å². The summed E-state index contributed by atoms with van der Waals surface area (Å²) in [6, 6.07) is 24.5. The largest absolute Gasteiger partial charge is 0.497 e. The van der Waals surface area contributed by atoms with Gasteiger partial charge in [-0.3, -0.25) is 4.90 Å². The van der Waals surface area contributed by atoms with E-state index >= 15 is 0 Å². The number of aliphatic hydroxyl groups is 1. The number of nitrogens with zero attached hydrogens (tertiary/aromatic N) is 1. The number of rotatable bonds is 6. The highest BCUT2D eigenvalue weighted by Crippen LogP contribution is 2.37. The van der Waals surface area contributed by atoms with Gasteiger partial charge in [0.1, 0.15) is 11.5 Å². The van der Waals surface area contributed by atoms with E-state index in [-0.39, 0.29) is 0 Å². The van der Waals surface area contributed by atoms with Crippen LogP contribution in [0.5, 0.6) is 11.5 Å². The lowest BCUT2D eigenvalue weighted by Crippen LogP contribution is -2.42. The molecule has 5 nitrogen and oxygen atoms in total. The molecule has 2 N–H and O–H groups in total. The third-order valence-electron chi connectivity index (χ3n) is 6.84. The molecular formula is C28H30N2O3. The predicted octanol–water partition coefficient (Wildman–Crippen LogP) is 5.34. The SMILES string of the molecule is COc1ccc(-c2c(CN3CCC(O)(c4ccccc4)CC3)[nH]c3cc(OC)ccc23)cc1. The summed E-state index contributed by atoms with van der Waals surface area (Å²) in [4.78, 5) is 6.07. The quantitative estimate of drug-likeness (QED) is 0.423. The van der Waals surface area contributed by atoms with Crippen LogP contribution in [-0.2, 0) is 12.1 Å². The van der Waals surface area contributed by atoms with Crippen molar-refractivity contribution >= 4 is 10.9 Å². The molecule has 0 bridgehead atoms. The van der Waals surface area contributed by atoms with Crippen molar-refractivity contribution in [3.05, 3.63) is 84.1 Å². The first-order valence-corrected chi connectivity index (χ1v) is 11.4. The standard InChI is InChI=1S/C28H30N2O3/c1-32-22-10-8-20(9-11-22)27-24-13-12-23(33-2)18-25(24)29-26(27)19-30-16-14-28(31,15-17-30)21-6-4-3-5-7-21/h3-13,18,29,31H,14-17,19H2,1-2H3. The Balaban J connectivity index is 1.44. The monoisotopic (exact) mass is 442 g/mol. The molecule has 4 aromatic rings. The van der Waals surface area contributed by atoms with E-state index in [0.29, 0.717) is 0 Å². The van der Waals surface area contributed by atoms with Crippen molar-refractivity contribution in [2.75, 3.05) is 27.3 Å². The molecule has 33 heavy (non-hydrogen) atoms. The number of fused-ring (bicyclic) bond motifs is 1. The van der Waals surface area contributed by atoms with Gasteiger partial charge in [0.15, 0.2) is 0 Å². The molecule has 0 amide bonds. The average molecular weight is 443 g/mol. The topological polar surface area (TPSA) is 57.7 Å². The van der Waals surface area contributed by atoms with Gasteiger partial charge in [-0.25, -0.2) is 0 Å². The van der Waals surface area contributed by atoms with Gasteiger partial charge in [0.05, 0.1) is 19.8 Å². The van der Waals surface area contributed by atoms with Crippen molar-refractivity contribution < 1.29 is 14.6 Å². The fourth-order valence-electron chi connectivity index (χ4n) is 4.91. The van der Waals surface area contributed by atoms with Crippen LogP contribution in [0.15, 0.2) is 72.8 Å². The molecule has 5 heteroatoms. The lowest BCUT2D eigenvalue weighted by Gasteiger charge is -2.38. The molecule has 0 atom stereocenters. The molecule has 1 aliphatic rings. The van der Waals surface area contributed by atoms with Crippen molar-refractivity contribution in [2.45, 2.75) is 25.0 Å². The van der Waals surface area contributed by atoms with Gasteiger partial charge >= 0.3 is 0 Å². The number of H-pyrrole nitrogens is 1. The third kappa shape index (κ3) is 4.22. The lowest BCUT2D eigenvalue weighted by atomic mass is 9.84. The Hall–Kier alpha value is -3.28. The molecule has 170 valence electrons. The van der Waals surface area contributed by atoms with E-state index in [4.69, 9.17) is 9.47 Å². The number of piperidine rings is 1. The van der Waals surface area contributed by atoms with Crippen LogP contribution < -0.4 is 9.47 Å². The van der Waals surface area contributed by atoms with Crippen LogP contribution in [0.25, 0.3) is 22.0 Å². The zero-order valence-electron chi connectivity index (χ0n) is 19.2. The van der Waals surface area contributed by atoms with Crippen LogP contribution >= 0.6 is 0 Å². The Labute approximate surface area is 194 Å². The molecule has 1 aromatic heterocycles. The smallest absolute Gasteiger partial charge is 0.120 e. The number of hydrogen-bond acceptors (Lipinski definition) is 4. The molecule has 3 aromatic carbocycles. The van der Waals surface area contributed by atoms with E-state index in [1.54, 1.807) is 14.2 Å². The molecule has 2 heterocycles. The highest BCUT2D eigenvalue weighted by Gasteiger charge is 2.34. The van der Waals surface area contributed by atoms with Crippen molar-refractivity contribution in [1.29, 1.82) is 0 Å². The van der Waals surface area contributed by atoms with Gasteiger partial charge in [-0.05, 0) is 48.2 Å². The first-order chi connectivity index (χ1) is 16.1. The normalized spacial score (nSPS) is 16.1. The summed E-state index contributed by atoms with van der Waals surface area (Å²) in [6.45, 7) is 2.47. The molecule has 5 rings (SSSR count). The van der Waals surface area contributed by atoms with Crippen molar-refractivity contribution in [3.8, 4) is 22.6 Å². The maximum absolute atomic E-state index is 11.2.